The molecule has 0 aliphatic carbocycles. The van der Waals surface area contributed by atoms with E-state index in [-0.39, 0.29) is 12.2 Å². The fourth-order valence-corrected chi connectivity index (χ4v) is 1.68. The van der Waals surface area contributed by atoms with Crippen molar-refractivity contribution in [1.29, 1.82) is 0 Å². The maximum atomic E-state index is 11.7. The maximum Gasteiger partial charge on any atom is 0.251 e. The molecule has 0 saturated heterocycles. The van der Waals surface area contributed by atoms with Crippen LogP contribution in [0, 0.1) is 6.92 Å². The van der Waals surface area contributed by atoms with Crippen LogP contribution in [0.25, 0.3) is 0 Å². The lowest BCUT2D eigenvalue weighted by Gasteiger charge is -2.06. The molecule has 0 atom stereocenters. The lowest BCUT2D eigenvalue weighted by atomic mass is 10.1. The van der Waals surface area contributed by atoms with Crippen LogP contribution in [0.4, 0.5) is 0 Å². The van der Waals surface area contributed by atoms with Crippen LogP contribution in [0.5, 0.6) is 0 Å². The number of aliphatic hydroxyl groups excluding tert-OH is 1. The molecule has 2 rings (SSSR count). The summed E-state index contributed by atoms with van der Waals surface area (Å²) in [4.78, 5) is 11.7. The first kappa shape index (κ1) is 11.6. The molecule has 1 aromatic carbocycles. The van der Waals surface area contributed by atoms with Crippen LogP contribution in [0.3, 0.4) is 0 Å². The molecule has 0 fully saturated rings. The van der Waals surface area contributed by atoms with Crippen LogP contribution in [0.2, 0.25) is 0 Å². The fourth-order valence-electron chi connectivity index (χ4n) is 1.68. The van der Waals surface area contributed by atoms with Crippen molar-refractivity contribution < 1.29 is 5.11 Å². The van der Waals surface area contributed by atoms with E-state index in [0.717, 1.165) is 16.7 Å². The van der Waals surface area contributed by atoms with E-state index in [9.17, 15) is 4.79 Å². The molecule has 0 aliphatic rings. The van der Waals surface area contributed by atoms with Gasteiger partial charge in [0.05, 0.1) is 13.2 Å². The summed E-state index contributed by atoms with van der Waals surface area (Å²) in [6.45, 7) is 2.51. The molecule has 17 heavy (non-hydrogen) atoms. The van der Waals surface area contributed by atoms with Gasteiger partial charge in [-0.1, -0.05) is 24.3 Å². The van der Waals surface area contributed by atoms with E-state index >= 15 is 0 Å². The summed E-state index contributed by atoms with van der Waals surface area (Å²) in [5.41, 5.74) is 2.91. The molecule has 1 aromatic heterocycles. The van der Waals surface area contributed by atoms with Gasteiger partial charge in [-0.3, -0.25) is 4.79 Å². The molecule has 0 amide bonds. The molecule has 0 spiro atoms. The van der Waals surface area contributed by atoms with Gasteiger partial charge in [0, 0.05) is 12.3 Å². The Bertz CT molecular complexity index is 555. The van der Waals surface area contributed by atoms with E-state index in [1.807, 2.05) is 37.3 Å². The predicted octanol–water partition coefficient (Wildman–Crippen LogP) is 1.70. The number of benzene rings is 1. The summed E-state index contributed by atoms with van der Waals surface area (Å²) in [5.74, 6) is 0. The summed E-state index contributed by atoms with van der Waals surface area (Å²) in [7, 11) is 0. The number of aryl methyl sites for hydroxylation is 1. The Labute approximate surface area is 100.0 Å². The molecular formula is C14H15NO2. The Morgan fingerprint density at radius 3 is 2.35 bits per heavy atom. The molecule has 1 heterocycles. The second kappa shape index (κ2) is 4.97. The maximum absolute atomic E-state index is 11.7. The van der Waals surface area contributed by atoms with Gasteiger partial charge in [0.15, 0.2) is 0 Å². The average molecular weight is 229 g/mol. The number of aromatic nitrogens is 1. The van der Waals surface area contributed by atoms with E-state index in [1.165, 1.54) is 0 Å². The fraction of sp³-hybridized carbons (Fsp3) is 0.214. The second-order valence-electron chi connectivity index (χ2n) is 4.14. The van der Waals surface area contributed by atoms with Crippen molar-refractivity contribution in [3.8, 4) is 0 Å². The summed E-state index contributed by atoms with van der Waals surface area (Å²) in [6, 6.07) is 11.1. The zero-order valence-electron chi connectivity index (χ0n) is 9.76. The molecule has 2 aromatic rings. The molecule has 0 radical (unpaired) electrons. The molecule has 1 N–H and O–H groups in total. The molecule has 0 unspecified atom stereocenters. The number of aliphatic hydroxyl groups is 1. The number of hydrogen-bond acceptors (Lipinski definition) is 2. The topological polar surface area (TPSA) is 42.2 Å². The van der Waals surface area contributed by atoms with E-state index in [4.69, 9.17) is 5.11 Å². The lowest BCUT2D eigenvalue weighted by Crippen LogP contribution is -2.19. The number of rotatable bonds is 3. The first-order valence-corrected chi connectivity index (χ1v) is 5.55. The highest BCUT2D eigenvalue weighted by atomic mass is 16.3. The zero-order valence-corrected chi connectivity index (χ0v) is 9.76. The molecule has 0 aliphatic heterocycles. The van der Waals surface area contributed by atoms with Crippen LogP contribution in [-0.2, 0) is 13.2 Å². The number of nitrogens with zero attached hydrogens (tertiary/aromatic N) is 1. The molecule has 0 saturated carbocycles. The Balaban J connectivity index is 2.22. The van der Waals surface area contributed by atoms with Gasteiger partial charge in [-0.15, -0.1) is 0 Å². The van der Waals surface area contributed by atoms with Gasteiger partial charge in [-0.05, 0) is 29.7 Å². The standard InChI is InChI=1S/C14H15NO2/c1-11-6-7-15(14(17)8-11)9-12-2-4-13(10-16)5-3-12/h2-8,16H,9-10H2,1H3. The Morgan fingerprint density at radius 1 is 1.12 bits per heavy atom. The van der Waals surface area contributed by atoms with E-state index in [1.54, 1.807) is 16.8 Å². The van der Waals surface area contributed by atoms with Crippen molar-refractivity contribution in [3.05, 3.63) is 69.6 Å². The third-order valence-electron chi connectivity index (χ3n) is 2.71. The Hall–Kier alpha value is -1.87. The molecular weight excluding hydrogens is 214 g/mol. The van der Waals surface area contributed by atoms with Gasteiger partial charge >= 0.3 is 0 Å². The van der Waals surface area contributed by atoms with Gasteiger partial charge in [0.1, 0.15) is 0 Å². The highest BCUT2D eigenvalue weighted by Gasteiger charge is 1.98. The van der Waals surface area contributed by atoms with E-state index in [0.29, 0.717) is 6.54 Å². The minimum Gasteiger partial charge on any atom is -0.392 e. The molecule has 88 valence electrons. The highest BCUT2D eigenvalue weighted by Crippen LogP contribution is 2.05. The largest absolute Gasteiger partial charge is 0.392 e. The summed E-state index contributed by atoms with van der Waals surface area (Å²) >= 11 is 0. The lowest BCUT2D eigenvalue weighted by molar-refractivity contribution is 0.282. The van der Waals surface area contributed by atoms with Gasteiger partial charge in [0.25, 0.3) is 5.56 Å². The van der Waals surface area contributed by atoms with Gasteiger partial charge in [0.2, 0.25) is 0 Å². The van der Waals surface area contributed by atoms with Crippen molar-refractivity contribution in [2.45, 2.75) is 20.1 Å². The number of hydrogen-bond donors (Lipinski definition) is 1. The van der Waals surface area contributed by atoms with Gasteiger partial charge in [-0.2, -0.15) is 0 Å². The Morgan fingerprint density at radius 2 is 1.76 bits per heavy atom. The Kier molecular flexibility index (Phi) is 3.40. The van der Waals surface area contributed by atoms with Crippen LogP contribution in [-0.4, -0.2) is 9.67 Å². The van der Waals surface area contributed by atoms with Crippen molar-refractivity contribution in [2.75, 3.05) is 0 Å². The quantitative estimate of drug-likeness (QED) is 0.870. The molecule has 3 heteroatoms. The zero-order chi connectivity index (χ0) is 12.3. The second-order valence-corrected chi connectivity index (χ2v) is 4.14. The SMILES string of the molecule is Cc1ccn(Cc2ccc(CO)cc2)c(=O)c1. The normalized spacial score (nSPS) is 10.5. The van der Waals surface area contributed by atoms with Crippen molar-refractivity contribution in [3.63, 3.8) is 0 Å². The molecule has 0 bridgehead atoms. The molecule has 3 nitrogen and oxygen atoms in total. The third-order valence-corrected chi connectivity index (χ3v) is 2.71. The van der Waals surface area contributed by atoms with Crippen LogP contribution in [0.15, 0.2) is 47.4 Å². The number of pyridine rings is 1. The minimum atomic E-state index is 0.0104. The van der Waals surface area contributed by atoms with E-state index in [2.05, 4.69) is 0 Å². The van der Waals surface area contributed by atoms with Crippen LogP contribution in [0.1, 0.15) is 16.7 Å². The smallest absolute Gasteiger partial charge is 0.251 e. The summed E-state index contributed by atoms with van der Waals surface area (Å²) in [5, 5.41) is 8.94. The van der Waals surface area contributed by atoms with Crippen molar-refractivity contribution >= 4 is 0 Å². The first-order chi connectivity index (χ1) is 8.19. The van der Waals surface area contributed by atoms with Crippen molar-refractivity contribution in [2.24, 2.45) is 0 Å². The van der Waals surface area contributed by atoms with Crippen molar-refractivity contribution in [1.82, 2.24) is 4.57 Å². The monoisotopic (exact) mass is 229 g/mol. The third kappa shape index (κ3) is 2.82. The van der Waals surface area contributed by atoms with E-state index < -0.39 is 0 Å². The average Bonchev–Trinajstić information content (AvgIpc) is 2.34. The van der Waals surface area contributed by atoms with Gasteiger partial charge < -0.3 is 9.67 Å². The highest BCUT2D eigenvalue weighted by molar-refractivity contribution is 5.22. The predicted molar refractivity (Wildman–Crippen MR) is 66.9 cm³/mol. The van der Waals surface area contributed by atoms with Gasteiger partial charge in [-0.25, -0.2) is 0 Å². The van der Waals surface area contributed by atoms with Crippen LogP contribution < -0.4 is 5.56 Å². The minimum absolute atomic E-state index is 0.0104. The van der Waals surface area contributed by atoms with Crippen LogP contribution >= 0.6 is 0 Å². The summed E-state index contributed by atoms with van der Waals surface area (Å²) in [6.07, 6.45) is 1.80. The summed E-state index contributed by atoms with van der Waals surface area (Å²) < 4.78 is 1.67. The first-order valence-electron chi connectivity index (χ1n) is 5.55.